The highest BCUT2D eigenvalue weighted by Crippen LogP contribution is 2.30. The van der Waals surface area contributed by atoms with E-state index in [9.17, 15) is 4.79 Å². The maximum Gasteiger partial charge on any atom is 0.257 e. The normalized spacial score (nSPS) is 18.0. The van der Waals surface area contributed by atoms with Gasteiger partial charge < -0.3 is 10.6 Å². The number of carbonyl (C=O) groups excluding carboxylic acids is 1. The fourth-order valence-electron chi connectivity index (χ4n) is 2.07. The summed E-state index contributed by atoms with van der Waals surface area (Å²) >= 11 is 0. The van der Waals surface area contributed by atoms with Crippen LogP contribution < -0.4 is 5.73 Å². The summed E-state index contributed by atoms with van der Waals surface area (Å²) in [4.78, 5) is 18.1. The van der Waals surface area contributed by atoms with Crippen LogP contribution in [0.5, 0.6) is 0 Å². The Morgan fingerprint density at radius 3 is 2.56 bits per heavy atom. The van der Waals surface area contributed by atoms with Crippen molar-refractivity contribution in [2.75, 3.05) is 18.8 Å². The number of likely N-dealkylation sites (tertiary alicyclic amines) is 1. The van der Waals surface area contributed by atoms with Crippen LogP contribution in [0.4, 0.5) is 5.69 Å². The van der Waals surface area contributed by atoms with Crippen molar-refractivity contribution >= 4 is 24.0 Å². The second-order valence-electron chi connectivity index (χ2n) is 5.42. The van der Waals surface area contributed by atoms with Gasteiger partial charge in [0.2, 0.25) is 0 Å². The lowest BCUT2D eigenvalue weighted by molar-refractivity contribution is 0.0631. The van der Waals surface area contributed by atoms with Gasteiger partial charge in [-0.05, 0) is 24.3 Å². The van der Waals surface area contributed by atoms with Crippen molar-refractivity contribution in [2.24, 2.45) is 5.41 Å². The number of hydrogen-bond acceptors (Lipinski definition) is 3. The molecule has 1 amide bonds. The van der Waals surface area contributed by atoms with Crippen LogP contribution in [0.3, 0.4) is 0 Å². The number of nitrogens with zero attached hydrogens (tertiary/aromatic N) is 2. The van der Waals surface area contributed by atoms with Crippen LogP contribution in [-0.4, -0.2) is 28.9 Å². The van der Waals surface area contributed by atoms with Crippen LogP contribution in [0.25, 0.3) is 0 Å². The van der Waals surface area contributed by atoms with Gasteiger partial charge in [-0.3, -0.25) is 9.78 Å². The smallest absolute Gasteiger partial charge is 0.257 e. The Morgan fingerprint density at radius 1 is 1.39 bits per heavy atom. The van der Waals surface area contributed by atoms with Gasteiger partial charge in [0.15, 0.2) is 0 Å². The highest BCUT2D eigenvalue weighted by atomic mass is 35.5. The molecule has 0 unspecified atom stereocenters. The number of anilines is 1. The van der Waals surface area contributed by atoms with Crippen LogP contribution in [0.15, 0.2) is 18.5 Å². The molecule has 1 saturated heterocycles. The van der Waals surface area contributed by atoms with E-state index in [0.29, 0.717) is 16.7 Å². The molecule has 18 heavy (non-hydrogen) atoms. The largest absolute Gasteiger partial charge is 0.398 e. The maximum absolute atomic E-state index is 12.2. The number of aromatic nitrogens is 1. The van der Waals surface area contributed by atoms with Gasteiger partial charge in [-0.2, -0.15) is 0 Å². The van der Waals surface area contributed by atoms with Crippen molar-refractivity contribution in [3.8, 4) is 0 Å². The first-order chi connectivity index (χ1) is 7.99. The Bertz CT molecular complexity index is 424. The van der Waals surface area contributed by atoms with Crippen molar-refractivity contribution in [1.82, 2.24) is 9.88 Å². The first-order valence-corrected chi connectivity index (χ1v) is 5.98. The van der Waals surface area contributed by atoms with Crippen LogP contribution >= 0.6 is 12.4 Å². The lowest BCUT2D eigenvalue weighted by atomic mass is 9.82. The van der Waals surface area contributed by atoms with Gasteiger partial charge in [0.1, 0.15) is 0 Å². The van der Waals surface area contributed by atoms with E-state index in [1.807, 2.05) is 4.90 Å². The molecule has 1 fully saturated rings. The first kappa shape index (κ1) is 14.8. The van der Waals surface area contributed by atoms with E-state index < -0.39 is 0 Å². The number of pyridine rings is 1. The molecule has 2 N–H and O–H groups in total. The summed E-state index contributed by atoms with van der Waals surface area (Å²) in [5.74, 6) is 0.00565. The summed E-state index contributed by atoms with van der Waals surface area (Å²) in [6.45, 7) is 6.10. The Balaban J connectivity index is 0.00000162. The molecular formula is C13H20ClN3O. The monoisotopic (exact) mass is 269 g/mol. The molecule has 0 aliphatic carbocycles. The van der Waals surface area contributed by atoms with E-state index in [1.54, 1.807) is 18.5 Å². The topological polar surface area (TPSA) is 59.2 Å². The van der Waals surface area contributed by atoms with Gasteiger partial charge in [0, 0.05) is 31.2 Å². The predicted molar refractivity (Wildman–Crippen MR) is 74.8 cm³/mol. The van der Waals surface area contributed by atoms with Gasteiger partial charge in [0.25, 0.3) is 5.91 Å². The molecule has 1 aromatic heterocycles. The Morgan fingerprint density at radius 2 is 2.00 bits per heavy atom. The lowest BCUT2D eigenvalue weighted by Gasteiger charge is -2.37. The number of nitrogen functional groups attached to an aromatic ring is 1. The molecule has 4 nitrogen and oxygen atoms in total. The minimum Gasteiger partial charge on any atom is -0.398 e. The Kier molecular flexibility index (Phi) is 4.57. The van der Waals surface area contributed by atoms with E-state index in [0.717, 1.165) is 25.9 Å². The van der Waals surface area contributed by atoms with Gasteiger partial charge in [-0.1, -0.05) is 13.8 Å². The third kappa shape index (κ3) is 3.13. The summed E-state index contributed by atoms with van der Waals surface area (Å²) in [7, 11) is 0. The summed E-state index contributed by atoms with van der Waals surface area (Å²) < 4.78 is 0. The molecule has 1 aliphatic rings. The minimum atomic E-state index is 0. The summed E-state index contributed by atoms with van der Waals surface area (Å²) in [6, 6.07) is 1.67. The van der Waals surface area contributed by atoms with Crippen molar-refractivity contribution in [3.05, 3.63) is 24.0 Å². The number of carbonyl (C=O) groups is 1. The van der Waals surface area contributed by atoms with Gasteiger partial charge in [0.05, 0.1) is 5.56 Å². The number of hydrogen-bond donors (Lipinski definition) is 1. The fraction of sp³-hybridized carbons (Fsp3) is 0.538. The van der Waals surface area contributed by atoms with Crippen molar-refractivity contribution in [2.45, 2.75) is 26.7 Å². The number of piperidine rings is 1. The molecule has 0 saturated carbocycles. The molecule has 0 aromatic carbocycles. The van der Waals surface area contributed by atoms with E-state index in [2.05, 4.69) is 18.8 Å². The zero-order chi connectivity index (χ0) is 12.5. The molecule has 1 aliphatic heterocycles. The second kappa shape index (κ2) is 5.57. The number of rotatable bonds is 1. The molecule has 2 rings (SSSR count). The Hall–Kier alpha value is -1.29. The molecule has 100 valence electrons. The van der Waals surface area contributed by atoms with Crippen LogP contribution in [0.1, 0.15) is 37.0 Å². The molecule has 2 heterocycles. The number of nitrogens with two attached hydrogens (primary N) is 1. The third-order valence-corrected chi connectivity index (χ3v) is 3.49. The summed E-state index contributed by atoms with van der Waals surface area (Å²) in [5, 5.41) is 0. The van der Waals surface area contributed by atoms with Crippen LogP contribution in [-0.2, 0) is 0 Å². The Labute approximate surface area is 114 Å². The predicted octanol–water partition coefficient (Wildman–Crippen LogP) is 2.35. The molecule has 1 aromatic rings. The highest BCUT2D eigenvalue weighted by Gasteiger charge is 2.28. The molecule has 0 atom stereocenters. The van der Waals surface area contributed by atoms with E-state index in [-0.39, 0.29) is 18.3 Å². The number of amides is 1. The number of halogens is 1. The minimum absolute atomic E-state index is 0. The average molecular weight is 270 g/mol. The molecular weight excluding hydrogens is 250 g/mol. The van der Waals surface area contributed by atoms with Crippen molar-refractivity contribution < 1.29 is 4.79 Å². The molecule has 0 spiro atoms. The third-order valence-electron chi connectivity index (χ3n) is 3.49. The van der Waals surface area contributed by atoms with Crippen molar-refractivity contribution in [1.29, 1.82) is 0 Å². The van der Waals surface area contributed by atoms with Gasteiger partial charge >= 0.3 is 0 Å². The average Bonchev–Trinajstić information content (AvgIpc) is 2.29. The summed E-state index contributed by atoms with van der Waals surface area (Å²) in [6.07, 6.45) is 5.24. The second-order valence-corrected chi connectivity index (χ2v) is 5.42. The molecule has 0 bridgehead atoms. The quantitative estimate of drug-likeness (QED) is 0.851. The van der Waals surface area contributed by atoms with E-state index in [1.165, 1.54) is 0 Å². The zero-order valence-corrected chi connectivity index (χ0v) is 11.7. The standard InChI is InChI=1S/C13H19N3O.ClH/c1-13(2)4-7-16(8-5-13)12(17)10-9-15-6-3-11(10)14;/h3,6,9H,4-5,7-8H2,1-2H3,(H2,14,15);1H. The molecule has 0 radical (unpaired) electrons. The van der Waals surface area contributed by atoms with Gasteiger partial charge in [-0.25, -0.2) is 0 Å². The van der Waals surface area contributed by atoms with E-state index >= 15 is 0 Å². The fourth-order valence-corrected chi connectivity index (χ4v) is 2.07. The highest BCUT2D eigenvalue weighted by molar-refractivity contribution is 5.98. The van der Waals surface area contributed by atoms with Crippen LogP contribution in [0, 0.1) is 5.41 Å². The zero-order valence-electron chi connectivity index (χ0n) is 10.8. The molecule has 5 heteroatoms. The first-order valence-electron chi connectivity index (χ1n) is 5.98. The van der Waals surface area contributed by atoms with Crippen molar-refractivity contribution in [3.63, 3.8) is 0 Å². The summed E-state index contributed by atoms with van der Waals surface area (Å²) in [5.41, 5.74) is 7.17. The van der Waals surface area contributed by atoms with E-state index in [4.69, 9.17) is 5.73 Å². The SMILES string of the molecule is CC1(C)CCN(C(=O)c2cnccc2N)CC1.Cl. The maximum atomic E-state index is 12.2. The lowest BCUT2D eigenvalue weighted by Crippen LogP contribution is -2.41. The van der Waals surface area contributed by atoms with Gasteiger partial charge in [-0.15, -0.1) is 12.4 Å². The van der Waals surface area contributed by atoms with Crippen LogP contribution in [0.2, 0.25) is 0 Å².